The molecule has 0 aliphatic heterocycles. The SMILES string of the molecule is CNCCCCCCSS. The molecule has 1 N–H and O–H groups in total. The highest BCUT2D eigenvalue weighted by molar-refractivity contribution is 8.68. The van der Waals surface area contributed by atoms with E-state index in [1.54, 1.807) is 10.8 Å². The third-order valence-corrected chi connectivity index (χ3v) is 2.43. The van der Waals surface area contributed by atoms with Gasteiger partial charge in [0.15, 0.2) is 0 Å². The molecule has 0 unspecified atom stereocenters. The molecule has 0 saturated carbocycles. The van der Waals surface area contributed by atoms with Crippen LogP contribution in [0.1, 0.15) is 25.7 Å². The van der Waals surface area contributed by atoms with Gasteiger partial charge in [-0.1, -0.05) is 23.6 Å². The summed E-state index contributed by atoms with van der Waals surface area (Å²) in [5.74, 6) is 1.20. The van der Waals surface area contributed by atoms with Gasteiger partial charge >= 0.3 is 0 Å². The molecule has 0 rings (SSSR count). The molecule has 0 heterocycles. The summed E-state index contributed by atoms with van der Waals surface area (Å²) in [5.41, 5.74) is 0. The summed E-state index contributed by atoms with van der Waals surface area (Å²) in [4.78, 5) is 0. The van der Waals surface area contributed by atoms with E-state index in [4.69, 9.17) is 0 Å². The molecule has 0 spiro atoms. The van der Waals surface area contributed by atoms with E-state index in [-0.39, 0.29) is 0 Å². The molecule has 1 nitrogen and oxygen atoms in total. The van der Waals surface area contributed by atoms with Crippen molar-refractivity contribution in [2.24, 2.45) is 0 Å². The van der Waals surface area contributed by atoms with Crippen molar-refractivity contribution in [1.29, 1.82) is 0 Å². The molecule has 0 aromatic carbocycles. The van der Waals surface area contributed by atoms with Crippen LogP contribution in [0.5, 0.6) is 0 Å². The average Bonchev–Trinajstić information content (AvgIpc) is 1.97. The number of nitrogens with one attached hydrogen (secondary N) is 1. The van der Waals surface area contributed by atoms with Gasteiger partial charge in [-0.15, -0.1) is 11.7 Å². The Bertz CT molecular complexity index is 51.6. The molecule has 0 atom stereocenters. The van der Waals surface area contributed by atoms with Gasteiger partial charge in [-0.25, -0.2) is 0 Å². The maximum atomic E-state index is 4.07. The highest BCUT2D eigenvalue weighted by atomic mass is 33.1. The average molecular weight is 179 g/mol. The first-order valence-corrected chi connectivity index (χ1v) is 5.86. The molecule has 62 valence electrons. The number of unbranched alkanes of at least 4 members (excludes halogenated alkanes) is 3. The lowest BCUT2D eigenvalue weighted by Gasteiger charge is -1.98. The molecule has 0 saturated heterocycles. The quantitative estimate of drug-likeness (QED) is 0.353. The minimum Gasteiger partial charge on any atom is -0.320 e. The molecular formula is C7H17NS2. The number of rotatable bonds is 7. The van der Waals surface area contributed by atoms with Crippen molar-refractivity contribution >= 4 is 22.5 Å². The van der Waals surface area contributed by atoms with Crippen molar-refractivity contribution in [3.8, 4) is 0 Å². The second kappa shape index (κ2) is 9.66. The van der Waals surface area contributed by atoms with E-state index in [9.17, 15) is 0 Å². The first-order valence-electron chi connectivity index (χ1n) is 3.82. The summed E-state index contributed by atoms with van der Waals surface area (Å²) in [5, 5.41) is 3.14. The molecule has 0 aromatic heterocycles. The maximum Gasteiger partial charge on any atom is 0.00345 e. The van der Waals surface area contributed by atoms with Gasteiger partial charge in [-0.05, 0) is 26.4 Å². The van der Waals surface area contributed by atoms with E-state index < -0.39 is 0 Å². The highest BCUT2D eigenvalue weighted by Crippen LogP contribution is 2.09. The largest absolute Gasteiger partial charge is 0.320 e. The summed E-state index contributed by atoms with van der Waals surface area (Å²) in [7, 11) is 3.65. The van der Waals surface area contributed by atoms with Crippen molar-refractivity contribution < 1.29 is 0 Å². The van der Waals surface area contributed by atoms with Crippen LogP contribution < -0.4 is 5.32 Å². The zero-order valence-corrected chi connectivity index (χ0v) is 8.31. The fourth-order valence-electron chi connectivity index (χ4n) is 0.822. The van der Waals surface area contributed by atoms with Gasteiger partial charge in [0.1, 0.15) is 0 Å². The minimum absolute atomic E-state index is 1.16. The first kappa shape index (κ1) is 10.7. The molecule has 0 amide bonds. The van der Waals surface area contributed by atoms with Gasteiger partial charge in [0, 0.05) is 5.75 Å². The summed E-state index contributed by atoms with van der Waals surface area (Å²) in [6.45, 7) is 1.16. The topological polar surface area (TPSA) is 12.0 Å². The molecule has 10 heavy (non-hydrogen) atoms. The standard InChI is InChI=1S/C7H17NS2/c1-8-6-4-2-3-5-7-10-9/h8-9H,2-7H2,1H3. The van der Waals surface area contributed by atoms with Crippen LogP contribution in [0.4, 0.5) is 0 Å². The van der Waals surface area contributed by atoms with Gasteiger partial charge in [-0.3, -0.25) is 0 Å². The second-order valence-corrected chi connectivity index (χ2v) is 3.79. The molecule has 0 aliphatic rings. The molecular weight excluding hydrogens is 162 g/mol. The Balaban J connectivity index is 2.65. The Morgan fingerprint density at radius 1 is 1.20 bits per heavy atom. The van der Waals surface area contributed by atoms with Crippen molar-refractivity contribution in [3.05, 3.63) is 0 Å². The van der Waals surface area contributed by atoms with Crippen LogP contribution in [0.15, 0.2) is 0 Å². The number of thiol groups is 1. The molecule has 0 aliphatic carbocycles. The fourth-order valence-corrected chi connectivity index (χ4v) is 1.54. The first-order chi connectivity index (χ1) is 4.91. The van der Waals surface area contributed by atoms with Gasteiger partial charge in [0.25, 0.3) is 0 Å². The maximum absolute atomic E-state index is 4.07. The van der Waals surface area contributed by atoms with E-state index in [1.165, 1.54) is 31.4 Å². The van der Waals surface area contributed by atoms with Gasteiger partial charge in [0.2, 0.25) is 0 Å². The molecule has 0 aromatic rings. The summed E-state index contributed by atoms with van der Waals surface area (Å²) >= 11 is 4.07. The van der Waals surface area contributed by atoms with Crippen molar-refractivity contribution in [2.45, 2.75) is 25.7 Å². The van der Waals surface area contributed by atoms with Crippen LogP contribution in [-0.4, -0.2) is 19.3 Å². The molecule has 3 heteroatoms. The zero-order valence-electron chi connectivity index (χ0n) is 6.60. The smallest absolute Gasteiger partial charge is 0.00345 e. The van der Waals surface area contributed by atoms with Crippen LogP contribution in [0, 0.1) is 0 Å². The Morgan fingerprint density at radius 2 is 1.90 bits per heavy atom. The lowest BCUT2D eigenvalue weighted by atomic mass is 10.2. The van der Waals surface area contributed by atoms with Crippen molar-refractivity contribution in [2.75, 3.05) is 19.3 Å². The van der Waals surface area contributed by atoms with Crippen molar-refractivity contribution in [1.82, 2.24) is 5.32 Å². The van der Waals surface area contributed by atoms with Gasteiger partial charge in [0.05, 0.1) is 0 Å². The van der Waals surface area contributed by atoms with Gasteiger partial charge in [-0.2, -0.15) is 0 Å². The van der Waals surface area contributed by atoms with Crippen LogP contribution in [0.3, 0.4) is 0 Å². The molecule has 0 bridgehead atoms. The lowest BCUT2D eigenvalue weighted by Crippen LogP contribution is -2.06. The lowest BCUT2D eigenvalue weighted by molar-refractivity contribution is 0.637. The molecule has 0 radical (unpaired) electrons. The highest BCUT2D eigenvalue weighted by Gasteiger charge is 1.87. The monoisotopic (exact) mass is 179 g/mol. The Labute approximate surface area is 73.2 Å². The predicted molar refractivity (Wildman–Crippen MR) is 53.8 cm³/mol. The fraction of sp³-hybridized carbons (Fsp3) is 1.00. The second-order valence-electron chi connectivity index (χ2n) is 2.35. The zero-order chi connectivity index (χ0) is 7.66. The summed E-state index contributed by atoms with van der Waals surface area (Å²) in [6, 6.07) is 0. The summed E-state index contributed by atoms with van der Waals surface area (Å²) in [6.07, 6.45) is 5.34. The predicted octanol–water partition coefficient (Wildman–Crippen LogP) is 2.34. The van der Waals surface area contributed by atoms with E-state index in [2.05, 4.69) is 17.0 Å². The van der Waals surface area contributed by atoms with Crippen molar-refractivity contribution in [3.63, 3.8) is 0 Å². The number of hydrogen-bond acceptors (Lipinski definition) is 3. The van der Waals surface area contributed by atoms with E-state index in [0.29, 0.717) is 0 Å². The van der Waals surface area contributed by atoms with Crippen LogP contribution in [0.25, 0.3) is 0 Å². The van der Waals surface area contributed by atoms with E-state index in [0.717, 1.165) is 6.54 Å². The normalized spacial score (nSPS) is 10.2. The third-order valence-electron chi connectivity index (χ3n) is 1.41. The number of hydrogen-bond donors (Lipinski definition) is 2. The van der Waals surface area contributed by atoms with Crippen LogP contribution in [-0.2, 0) is 0 Å². The minimum atomic E-state index is 1.16. The van der Waals surface area contributed by atoms with E-state index >= 15 is 0 Å². The van der Waals surface area contributed by atoms with E-state index in [1.807, 2.05) is 7.05 Å². The Kier molecular flexibility index (Phi) is 10.3. The van der Waals surface area contributed by atoms with Gasteiger partial charge < -0.3 is 5.32 Å². The van der Waals surface area contributed by atoms with Crippen LogP contribution >= 0.6 is 22.5 Å². The Morgan fingerprint density at radius 3 is 2.50 bits per heavy atom. The molecule has 0 fully saturated rings. The van der Waals surface area contributed by atoms with Crippen LogP contribution in [0.2, 0.25) is 0 Å². The Hall–Kier alpha value is 0.660. The summed E-state index contributed by atoms with van der Waals surface area (Å²) < 4.78 is 0. The third kappa shape index (κ3) is 8.66.